The smallest absolute Gasteiger partial charge is 0.294 e. The second-order valence-electron chi connectivity index (χ2n) is 7.60. The highest BCUT2D eigenvalue weighted by Gasteiger charge is 2.69. The number of hydrogen-bond donors (Lipinski definition) is 10. The second-order valence-corrected chi connectivity index (χ2v) is 7.60. The normalized spacial score (nSPS) is 25.3. The summed E-state index contributed by atoms with van der Waals surface area (Å²) in [7, 11) is 0. The first-order valence-electron chi connectivity index (χ1n) is 9.71. The van der Waals surface area contributed by atoms with E-state index in [9.17, 15) is 65.1 Å². The van der Waals surface area contributed by atoms with Crippen molar-refractivity contribution in [1.29, 1.82) is 0 Å². The minimum atomic E-state index is -4.25. The highest BCUT2D eigenvalue weighted by molar-refractivity contribution is 6.48. The third-order valence-electron chi connectivity index (χ3n) is 5.21. The van der Waals surface area contributed by atoms with Crippen LogP contribution in [0.3, 0.4) is 0 Å². The van der Waals surface area contributed by atoms with Gasteiger partial charge in [0.25, 0.3) is 11.4 Å². The highest BCUT2D eigenvalue weighted by Crippen LogP contribution is 2.33. The van der Waals surface area contributed by atoms with Gasteiger partial charge >= 0.3 is 0 Å². The summed E-state index contributed by atoms with van der Waals surface area (Å²) in [5, 5.41) is 97.6. The fourth-order valence-electron chi connectivity index (χ4n) is 3.11. The monoisotopic (exact) mass is 498 g/mol. The molecule has 2 rings (SSSR count). The summed E-state index contributed by atoms with van der Waals surface area (Å²) in [4.78, 5) is 50.2. The highest BCUT2D eigenvalue weighted by atomic mass is 16.5. The number of allylic oxidation sites excluding steroid dienone is 1. The third-order valence-corrected chi connectivity index (χ3v) is 5.21. The number of phenols is 1. The number of aliphatic hydroxyl groups is 9. The van der Waals surface area contributed by atoms with Crippen LogP contribution in [-0.2, 0) is 19.2 Å². The van der Waals surface area contributed by atoms with Crippen LogP contribution in [0.5, 0.6) is 5.75 Å². The maximum Gasteiger partial charge on any atom is 0.294 e. The number of aromatic hydroxyl groups is 1. The molecular formula is C21H22O14. The molecule has 0 aliphatic heterocycles. The van der Waals surface area contributed by atoms with Crippen molar-refractivity contribution < 1.29 is 70.2 Å². The van der Waals surface area contributed by atoms with Gasteiger partial charge in [0, 0.05) is 0 Å². The number of aliphatic hydroxyl groups excluding tert-OH is 6. The van der Waals surface area contributed by atoms with Crippen molar-refractivity contribution in [3.63, 3.8) is 0 Å². The van der Waals surface area contributed by atoms with Gasteiger partial charge in [-0.2, -0.15) is 0 Å². The Morgan fingerprint density at radius 1 is 0.914 bits per heavy atom. The van der Waals surface area contributed by atoms with Gasteiger partial charge in [0.05, 0.1) is 6.61 Å². The average Bonchev–Trinajstić information content (AvgIpc) is 2.84. The quantitative estimate of drug-likeness (QED) is 0.0531. The molecule has 190 valence electrons. The summed E-state index contributed by atoms with van der Waals surface area (Å²) in [6, 6.07) is 5.12. The molecule has 0 amide bonds. The number of Topliss-reactive ketones (excluding diaryl/α,β-unsaturated/α-hetero) is 4. The van der Waals surface area contributed by atoms with E-state index in [-0.39, 0.29) is 11.3 Å². The van der Waals surface area contributed by atoms with E-state index in [2.05, 4.69) is 0 Å². The Morgan fingerprint density at radius 3 is 1.97 bits per heavy atom. The molecule has 14 nitrogen and oxygen atoms in total. The van der Waals surface area contributed by atoms with Crippen LogP contribution in [0.1, 0.15) is 5.56 Å². The molecule has 35 heavy (non-hydrogen) atoms. The SMILES string of the molecule is O=C1C(=C(O)/C=C/c2ccc(O)cc2)C(=O)[C@@](O)(C(=O)[C@H](O)[C@@H](O)[C@H](O)[C@H](O)CO)C(=O)C1(O)O. The molecule has 1 aromatic rings. The standard InChI is InChI=1S/C21H22O14/c22-7-11(25)13(26)14(27)15(28)18(31)20(33)16(29)12(17(30)21(34,35)19(20)32)10(24)6-3-8-1-4-9(23)5-2-8/h1-6,11,13-15,22-28,33-35H,7H2/b6-3+,12-10?/t11-,13-,14+,15-,20-/m1/s1. The van der Waals surface area contributed by atoms with Crippen molar-refractivity contribution in [1.82, 2.24) is 0 Å². The van der Waals surface area contributed by atoms with Crippen molar-refractivity contribution in [2.24, 2.45) is 0 Å². The molecule has 0 unspecified atom stereocenters. The van der Waals surface area contributed by atoms with E-state index in [1.807, 2.05) is 0 Å². The summed E-state index contributed by atoms with van der Waals surface area (Å²) in [5.74, 6) is -14.9. The summed E-state index contributed by atoms with van der Waals surface area (Å²) >= 11 is 0. The predicted octanol–water partition coefficient (Wildman–Crippen LogP) is -4.64. The van der Waals surface area contributed by atoms with Crippen LogP contribution in [0, 0.1) is 0 Å². The number of benzene rings is 1. The van der Waals surface area contributed by atoms with Gasteiger partial charge in [0.1, 0.15) is 41.5 Å². The summed E-state index contributed by atoms with van der Waals surface area (Å²) in [6.07, 6.45) is -8.61. The average molecular weight is 498 g/mol. The topological polar surface area (TPSA) is 271 Å². The van der Waals surface area contributed by atoms with Crippen molar-refractivity contribution in [3.8, 4) is 5.75 Å². The van der Waals surface area contributed by atoms with Crippen LogP contribution in [0.25, 0.3) is 6.08 Å². The van der Waals surface area contributed by atoms with E-state index in [0.29, 0.717) is 6.08 Å². The van der Waals surface area contributed by atoms with Gasteiger partial charge in [-0.1, -0.05) is 18.2 Å². The first-order valence-corrected chi connectivity index (χ1v) is 9.71. The number of rotatable bonds is 8. The minimum Gasteiger partial charge on any atom is -0.508 e. The summed E-state index contributed by atoms with van der Waals surface area (Å²) < 4.78 is 0. The van der Waals surface area contributed by atoms with Crippen molar-refractivity contribution in [3.05, 3.63) is 47.2 Å². The molecule has 0 heterocycles. The molecule has 0 spiro atoms. The molecule has 1 aliphatic carbocycles. The largest absolute Gasteiger partial charge is 0.508 e. The molecule has 1 aromatic carbocycles. The molecule has 14 heteroatoms. The van der Waals surface area contributed by atoms with E-state index in [4.69, 9.17) is 5.11 Å². The molecule has 0 saturated heterocycles. The molecule has 0 bridgehead atoms. The van der Waals surface area contributed by atoms with Crippen molar-refractivity contribution in [2.45, 2.75) is 35.8 Å². The van der Waals surface area contributed by atoms with E-state index < -0.39 is 76.9 Å². The number of carbonyl (C=O) groups excluding carboxylic acids is 4. The van der Waals surface area contributed by atoms with E-state index >= 15 is 0 Å². The zero-order valence-corrected chi connectivity index (χ0v) is 17.6. The van der Waals surface area contributed by atoms with Gasteiger partial charge in [-0.25, -0.2) is 0 Å². The lowest BCUT2D eigenvalue weighted by Crippen LogP contribution is -2.72. The van der Waals surface area contributed by atoms with Gasteiger partial charge < -0.3 is 51.1 Å². The summed E-state index contributed by atoms with van der Waals surface area (Å²) in [6.45, 7) is -1.17. The fraction of sp³-hybridized carbons (Fsp3) is 0.333. The molecule has 5 atom stereocenters. The Balaban J connectivity index is 2.55. The lowest BCUT2D eigenvalue weighted by molar-refractivity contribution is -0.206. The van der Waals surface area contributed by atoms with Crippen LogP contribution in [0.4, 0.5) is 0 Å². The van der Waals surface area contributed by atoms with Gasteiger partial charge in [-0.15, -0.1) is 0 Å². The minimum absolute atomic E-state index is 0.118. The van der Waals surface area contributed by atoms with Crippen LogP contribution in [0.15, 0.2) is 41.7 Å². The zero-order chi connectivity index (χ0) is 26.9. The van der Waals surface area contributed by atoms with Crippen molar-refractivity contribution in [2.75, 3.05) is 6.61 Å². The Hall–Kier alpha value is -3.34. The molecule has 0 aromatic heterocycles. The number of carbonyl (C=O) groups is 4. The third kappa shape index (κ3) is 4.90. The molecule has 10 N–H and O–H groups in total. The predicted molar refractivity (Wildman–Crippen MR) is 110 cm³/mol. The van der Waals surface area contributed by atoms with E-state index in [1.54, 1.807) is 0 Å². The van der Waals surface area contributed by atoms with E-state index in [1.165, 1.54) is 24.3 Å². The Morgan fingerprint density at radius 2 is 1.46 bits per heavy atom. The zero-order valence-electron chi connectivity index (χ0n) is 17.6. The van der Waals surface area contributed by atoms with Crippen molar-refractivity contribution >= 4 is 29.2 Å². The second kappa shape index (κ2) is 10.1. The van der Waals surface area contributed by atoms with Crippen LogP contribution < -0.4 is 0 Å². The molecule has 1 aliphatic rings. The first kappa shape index (κ1) is 27.9. The molecule has 1 saturated carbocycles. The first-order chi connectivity index (χ1) is 16.1. The van der Waals surface area contributed by atoms with Gasteiger partial charge in [0.15, 0.2) is 0 Å². The maximum atomic E-state index is 12.8. The maximum absolute atomic E-state index is 12.8. The summed E-state index contributed by atoms with van der Waals surface area (Å²) in [5.41, 5.74) is -5.59. The van der Waals surface area contributed by atoms with E-state index in [0.717, 1.165) is 6.08 Å². The lowest BCUT2D eigenvalue weighted by Gasteiger charge is -2.37. The Bertz CT molecular complexity index is 1090. The lowest BCUT2D eigenvalue weighted by atomic mass is 9.70. The van der Waals surface area contributed by atoms with Crippen LogP contribution >= 0.6 is 0 Å². The fourth-order valence-corrected chi connectivity index (χ4v) is 3.11. The van der Waals surface area contributed by atoms with Crippen LogP contribution in [0.2, 0.25) is 0 Å². The molecular weight excluding hydrogens is 476 g/mol. The van der Waals surface area contributed by atoms with Gasteiger partial charge in [0.2, 0.25) is 23.1 Å². The number of hydrogen-bond acceptors (Lipinski definition) is 14. The molecule has 1 fully saturated rings. The van der Waals surface area contributed by atoms with Gasteiger partial charge in [-0.3, -0.25) is 19.2 Å². The van der Waals surface area contributed by atoms with Crippen LogP contribution in [-0.4, -0.2) is 117 Å². The Labute approximate surface area is 195 Å². The molecule has 0 radical (unpaired) electrons. The number of phenolic OH excluding ortho intramolecular Hbond substituents is 1. The number of ketones is 4. The Kier molecular flexibility index (Phi) is 8.06. The van der Waals surface area contributed by atoms with Gasteiger partial charge in [-0.05, 0) is 23.8 Å².